The quantitative estimate of drug-likeness (QED) is 0.687. The second-order valence-electron chi connectivity index (χ2n) is 3.68. The Morgan fingerprint density at radius 3 is 2.76 bits per heavy atom. The van der Waals surface area contributed by atoms with Gasteiger partial charge in [-0.25, -0.2) is 0 Å². The highest BCUT2D eigenvalue weighted by atomic mass is 16.4. The summed E-state index contributed by atoms with van der Waals surface area (Å²) in [5.74, 6) is -1.37. The summed E-state index contributed by atoms with van der Waals surface area (Å²) in [7, 11) is 0. The van der Waals surface area contributed by atoms with E-state index in [1.807, 2.05) is 6.07 Å². The average molecular weight is 237 g/mol. The van der Waals surface area contributed by atoms with Crippen molar-refractivity contribution in [3.63, 3.8) is 0 Å². The number of carboxylic acid groups (broad SMARTS) is 1. The predicted octanol–water partition coefficient (Wildman–Crippen LogP) is -0.156. The number of carboxylic acids is 1. The Morgan fingerprint density at radius 1 is 1.47 bits per heavy atom. The van der Waals surface area contributed by atoms with E-state index < -0.39 is 11.9 Å². The normalized spacial score (nSPS) is 10.4. The molecule has 0 aliphatic heterocycles. The van der Waals surface area contributed by atoms with Crippen LogP contribution in [0.3, 0.4) is 0 Å². The molecule has 0 bridgehead atoms. The fourth-order valence-electron chi connectivity index (χ4n) is 1.44. The number of nitrogens with zero attached hydrogens (tertiary/aromatic N) is 2. The number of hydrogen-bond acceptors (Lipinski definition) is 4. The van der Waals surface area contributed by atoms with E-state index in [0.717, 1.165) is 5.56 Å². The van der Waals surface area contributed by atoms with Gasteiger partial charge >= 0.3 is 5.97 Å². The van der Waals surface area contributed by atoms with Gasteiger partial charge in [0.1, 0.15) is 0 Å². The van der Waals surface area contributed by atoms with Crippen LogP contribution in [0.15, 0.2) is 24.5 Å². The molecule has 0 saturated heterocycles. The number of carbonyl (C=O) groups is 2. The molecule has 0 spiro atoms. The first-order valence-electron chi connectivity index (χ1n) is 5.19. The van der Waals surface area contributed by atoms with Crippen LogP contribution in [0.25, 0.3) is 0 Å². The molecule has 6 heteroatoms. The Hall–Kier alpha value is -1.95. The topological polar surface area (TPSA) is 96.5 Å². The number of amides is 1. The van der Waals surface area contributed by atoms with Crippen molar-refractivity contribution in [3.05, 3.63) is 30.1 Å². The number of aromatic nitrogens is 1. The van der Waals surface area contributed by atoms with Crippen molar-refractivity contribution < 1.29 is 14.7 Å². The molecule has 0 aliphatic carbocycles. The third-order valence-electron chi connectivity index (χ3n) is 2.15. The number of primary amides is 1. The van der Waals surface area contributed by atoms with Crippen LogP contribution in [-0.4, -0.2) is 40.0 Å². The fraction of sp³-hybridized carbons (Fsp3) is 0.364. The summed E-state index contributed by atoms with van der Waals surface area (Å²) in [4.78, 5) is 27.0. The molecule has 0 saturated carbocycles. The van der Waals surface area contributed by atoms with Crippen molar-refractivity contribution in [2.75, 3.05) is 13.1 Å². The van der Waals surface area contributed by atoms with Crippen molar-refractivity contribution in [1.82, 2.24) is 9.88 Å². The first-order chi connectivity index (χ1) is 8.08. The summed E-state index contributed by atoms with van der Waals surface area (Å²) in [6.07, 6.45) is 3.31. The molecule has 0 radical (unpaired) electrons. The largest absolute Gasteiger partial charge is 0.481 e. The van der Waals surface area contributed by atoms with Crippen LogP contribution in [0.1, 0.15) is 12.0 Å². The van der Waals surface area contributed by atoms with E-state index in [4.69, 9.17) is 10.8 Å². The highest BCUT2D eigenvalue weighted by Crippen LogP contribution is 2.03. The Bertz CT molecular complexity index is 381. The molecule has 92 valence electrons. The minimum atomic E-state index is -0.898. The average Bonchev–Trinajstić information content (AvgIpc) is 2.26. The zero-order valence-electron chi connectivity index (χ0n) is 9.37. The molecular weight excluding hydrogens is 222 g/mol. The van der Waals surface area contributed by atoms with Crippen molar-refractivity contribution in [2.45, 2.75) is 13.0 Å². The molecule has 1 heterocycles. The number of aliphatic carboxylic acids is 1. The van der Waals surface area contributed by atoms with Gasteiger partial charge in [0.05, 0.1) is 13.0 Å². The van der Waals surface area contributed by atoms with Gasteiger partial charge in [-0.05, 0) is 11.6 Å². The molecule has 0 fully saturated rings. The molecule has 6 nitrogen and oxygen atoms in total. The Kier molecular flexibility index (Phi) is 5.09. The molecule has 1 aromatic heterocycles. The first kappa shape index (κ1) is 13.1. The Labute approximate surface area is 99.1 Å². The van der Waals surface area contributed by atoms with Crippen molar-refractivity contribution in [2.24, 2.45) is 5.73 Å². The molecule has 3 N–H and O–H groups in total. The number of pyridine rings is 1. The van der Waals surface area contributed by atoms with E-state index in [9.17, 15) is 9.59 Å². The third kappa shape index (κ3) is 5.62. The highest BCUT2D eigenvalue weighted by molar-refractivity contribution is 5.76. The van der Waals surface area contributed by atoms with Gasteiger partial charge in [-0.15, -0.1) is 0 Å². The molecule has 0 aliphatic rings. The molecule has 0 aromatic carbocycles. The molecule has 0 unspecified atom stereocenters. The maximum Gasteiger partial charge on any atom is 0.304 e. The predicted molar refractivity (Wildman–Crippen MR) is 61.0 cm³/mol. The fourth-order valence-corrected chi connectivity index (χ4v) is 1.44. The Morgan fingerprint density at radius 2 is 2.24 bits per heavy atom. The summed E-state index contributed by atoms with van der Waals surface area (Å²) in [5.41, 5.74) is 6.03. The number of carbonyl (C=O) groups excluding carboxylic acids is 1. The smallest absolute Gasteiger partial charge is 0.304 e. The van der Waals surface area contributed by atoms with Crippen molar-refractivity contribution in [1.29, 1.82) is 0 Å². The van der Waals surface area contributed by atoms with Crippen LogP contribution in [0, 0.1) is 0 Å². The first-order valence-corrected chi connectivity index (χ1v) is 5.19. The van der Waals surface area contributed by atoms with Gasteiger partial charge in [0.2, 0.25) is 5.91 Å². The van der Waals surface area contributed by atoms with Crippen LogP contribution < -0.4 is 5.73 Å². The lowest BCUT2D eigenvalue weighted by Crippen LogP contribution is -2.34. The van der Waals surface area contributed by atoms with Crippen molar-refractivity contribution in [3.8, 4) is 0 Å². The lowest BCUT2D eigenvalue weighted by Gasteiger charge is -2.19. The van der Waals surface area contributed by atoms with Crippen LogP contribution in [-0.2, 0) is 16.1 Å². The maximum atomic E-state index is 10.9. The van der Waals surface area contributed by atoms with Crippen LogP contribution >= 0.6 is 0 Å². The van der Waals surface area contributed by atoms with Gasteiger partial charge in [0.15, 0.2) is 0 Å². The molecule has 1 amide bonds. The zero-order valence-corrected chi connectivity index (χ0v) is 9.37. The van der Waals surface area contributed by atoms with Gasteiger partial charge in [-0.3, -0.25) is 19.5 Å². The zero-order chi connectivity index (χ0) is 12.7. The lowest BCUT2D eigenvalue weighted by atomic mass is 10.2. The minimum Gasteiger partial charge on any atom is -0.481 e. The summed E-state index contributed by atoms with van der Waals surface area (Å²) in [6, 6.07) is 3.65. The molecule has 1 aromatic rings. The van der Waals surface area contributed by atoms with E-state index >= 15 is 0 Å². The van der Waals surface area contributed by atoms with Gasteiger partial charge in [-0.1, -0.05) is 6.07 Å². The van der Waals surface area contributed by atoms with Gasteiger partial charge < -0.3 is 10.8 Å². The molecular formula is C11H15N3O3. The monoisotopic (exact) mass is 237 g/mol. The van der Waals surface area contributed by atoms with Crippen LogP contribution in [0.4, 0.5) is 0 Å². The SMILES string of the molecule is NC(=O)CN(CCC(=O)O)Cc1cccnc1. The third-order valence-corrected chi connectivity index (χ3v) is 2.15. The highest BCUT2D eigenvalue weighted by Gasteiger charge is 2.10. The number of hydrogen-bond donors (Lipinski definition) is 2. The molecule has 1 rings (SSSR count). The van der Waals surface area contributed by atoms with E-state index in [2.05, 4.69) is 4.98 Å². The summed E-state index contributed by atoms with van der Waals surface area (Å²) in [5, 5.41) is 8.61. The standard InChI is InChI=1S/C11H15N3O3/c12-10(15)8-14(5-3-11(16)17)7-9-2-1-4-13-6-9/h1-2,4,6H,3,5,7-8H2,(H2,12,15)(H,16,17). The Balaban J connectivity index is 2.56. The van der Waals surface area contributed by atoms with Gasteiger partial charge in [0, 0.05) is 25.5 Å². The number of rotatable bonds is 7. The van der Waals surface area contributed by atoms with Gasteiger partial charge in [0.25, 0.3) is 0 Å². The summed E-state index contributed by atoms with van der Waals surface area (Å²) >= 11 is 0. The second-order valence-corrected chi connectivity index (χ2v) is 3.68. The minimum absolute atomic E-state index is 0.0203. The van der Waals surface area contributed by atoms with Crippen LogP contribution in [0.5, 0.6) is 0 Å². The van der Waals surface area contributed by atoms with E-state index in [1.165, 1.54) is 0 Å². The summed E-state index contributed by atoms with van der Waals surface area (Å²) < 4.78 is 0. The lowest BCUT2D eigenvalue weighted by molar-refractivity contribution is -0.137. The molecule has 0 atom stereocenters. The maximum absolute atomic E-state index is 10.9. The second kappa shape index (κ2) is 6.59. The van der Waals surface area contributed by atoms with E-state index in [-0.39, 0.29) is 19.5 Å². The van der Waals surface area contributed by atoms with Gasteiger partial charge in [-0.2, -0.15) is 0 Å². The number of nitrogens with two attached hydrogens (primary N) is 1. The van der Waals surface area contributed by atoms with E-state index in [1.54, 1.807) is 23.4 Å². The molecule has 17 heavy (non-hydrogen) atoms. The summed E-state index contributed by atoms with van der Waals surface area (Å²) in [6.45, 7) is 0.791. The van der Waals surface area contributed by atoms with Crippen LogP contribution in [0.2, 0.25) is 0 Å². The van der Waals surface area contributed by atoms with E-state index in [0.29, 0.717) is 6.54 Å². The van der Waals surface area contributed by atoms with Crippen molar-refractivity contribution >= 4 is 11.9 Å².